The van der Waals surface area contributed by atoms with Crippen molar-refractivity contribution in [2.24, 2.45) is 5.92 Å². The summed E-state index contributed by atoms with van der Waals surface area (Å²) in [6.07, 6.45) is 15.0. The Morgan fingerprint density at radius 2 is 2.00 bits per heavy atom. The summed E-state index contributed by atoms with van der Waals surface area (Å²) in [6.45, 7) is 7.01. The van der Waals surface area contributed by atoms with Crippen LogP contribution in [0.2, 0.25) is 0 Å². The third-order valence-electron chi connectivity index (χ3n) is 3.73. The third kappa shape index (κ3) is 6.29. The van der Waals surface area contributed by atoms with E-state index in [2.05, 4.69) is 30.4 Å². The van der Waals surface area contributed by atoms with E-state index in [0.717, 1.165) is 36.7 Å². The summed E-state index contributed by atoms with van der Waals surface area (Å²) in [5.74, 6) is 0.807. The predicted octanol–water partition coefficient (Wildman–Crippen LogP) is 4.06. The summed E-state index contributed by atoms with van der Waals surface area (Å²) >= 11 is 0. The molecule has 0 aromatic carbocycles. The molecule has 0 spiro atoms. The normalized spacial score (nSPS) is 17.9. The highest BCUT2D eigenvalue weighted by molar-refractivity contribution is 5.30. The molecule has 0 unspecified atom stereocenters. The van der Waals surface area contributed by atoms with Crippen molar-refractivity contribution >= 4 is 0 Å². The molecule has 1 aliphatic carbocycles. The zero-order chi connectivity index (χ0) is 14.6. The molecule has 1 rings (SSSR count). The van der Waals surface area contributed by atoms with Gasteiger partial charge in [-0.25, -0.2) is 0 Å². The lowest BCUT2D eigenvalue weighted by Gasteiger charge is -2.24. The lowest BCUT2D eigenvalue weighted by molar-refractivity contribution is 0.119. The van der Waals surface area contributed by atoms with Crippen LogP contribution in [0.1, 0.15) is 51.9 Å². The smallest absolute Gasteiger partial charge is 0.0832 e. The number of hydrogen-bond acceptors (Lipinski definition) is 3. The first kappa shape index (κ1) is 16.8. The predicted molar refractivity (Wildman–Crippen MR) is 86.0 cm³/mol. The second-order valence-corrected chi connectivity index (χ2v) is 5.41. The van der Waals surface area contributed by atoms with Gasteiger partial charge in [0, 0.05) is 6.54 Å². The van der Waals surface area contributed by atoms with Crippen molar-refractivity contribution in [1.82, 2.24) is 10.8 Å². The van der Waals surface area contributed by atoms with Crippen LogP contribution in [0.15, 0.2) is 36.2 Å². The largest absolute Gasteiger partial charge is 0.383 e. The topological polar surface area (TPSA) is 33.3 Å². The van der Waals surface area contributed by atoms with Crippen LogP contribution in [0.25, 0.3) is 0 Å². The number of allylic oxidation sites excluding steroid dienone is 3. The fourth-order valence-corrected chi connectivity index (χ4v) is 2.62. The maximum absolute atomic E-state index is 5.06. The van der Waals surface area contributed by atoms with Crippen LogP contribution in [-0.4, -0.2) is 13.7 Å². The molecule has 0 aliphatic heterocycles. The van der Waals surface area contributed by atoms with Gasteiger partial charge in [-0.05, 0) is 31.3 Å². The highest BCUT2D eigenvalue weighted by Crippen LogP contribution is 2.23. The third-order valence-corrected chi connectivity index (χ3v) is 3.73. The summed E-state index contributed by atoms with van der Waals surface area (Å²) in [5, 5.41) is 3.60. The maximum Gasteiger partial charge on any atom is 0.0832 e. The Kier molecular flexibility index (Phi) is 8.88. The molecule has 1 fully saturated rings. The molecule has 0 atom stereocenters. The Morgan fingerprint density at radius 3 is 2.60 bits per heavy atom. The molecule has 0 bridgehead atoms. The molecule has 0 radical (unpaired) electrons. The van der Waals surface area contributed by atoms with Gasteiger partial charge in [0.05, 0.1) is 18.5 Å². The monoisotopic (exact) mass is 278 g/mol. The molecule has 2 N–H and O–H groups in total. The first-order chi connectivity index (χ1) is 9.81. The van der Waals surface area contributed by atoms with E-state index in [1.807, 2.05) is 6.08 Å². The lowest BCUT2D eigenvalue weighted by Crippen LogP contribution is -2.28. The van der Waals surface area contributed by atoms with Crippen molar-refractivity contribution in [2.45, 2.75) is 51.9 Å². The molecule has 0 aromatic heterocycles. The SMILES string of the molecule is C=C/C=C(NOC)\C(=C\CCC)NCC1CCCCC1. The number of rotatable bonds is 9. The van der Waals surface area contributed by atoms with Gasteiger partial charge in [0.25, 0.3) is 0 Å². The van der Waals surface area contributed by atoms with Crippen molar-refractivity contribution in [2.75, 3.05) is 13.7 Å². The Morgan fingerprint density at radius 1 is 1.25 bits per heavy atom. The summed E-state index contributed by atoms with van der Waals surface area (Å²) in [5.41, 5.74) is 5.01. The summed E-state index contributed by atoms with van der Waals surface area (Å²) in [4.78, 5) is 5.06. The van der Waals surface area contributed by atoms with Gasteiger partial charge in [-0.1, -0.05) is 51.3 Å². The molecule has 114 valence electrons. The fourth-order valence-electron chi connectivity index (χ4n) is 2.62. The number of hydroxylamine groups is 1. The summed E-state index contributed by atoms with van der Waals surface area (Å²) in [6, 6.07) is 0. The van der Waals surface area contributed by atoms with Crippen LogP contribution < -0.4 is 10.8 Å². The Hall–Kier alpha value is -1.22. The van der Waals surface area contributed by atoms with E-state index in [1.165, 1.54) is 32.1 Å². The van der Waals surface area contributed by atoms with Crippen molar-refractivity contribution in [3.8, 4) is 0 Å². The first-order valence-corrected chi connectivity index (χ1v) is 7.87. The number of hydrogen-bond donors (Lipinski definition) is 2. The van der Waals surface area contributed by atoms with E-state index in [0.29, 0.717) is 0 Å². The quantitative estimate of drug-likeness (QED) is 0.493. The molecular weight excluding hydrogens is 248 g/mol. The molecule has 1 saturated carbocycles. The number of nitrogens with one attached hydrogen (secondary N) is 2. The minimum atomic E-state index is 0.807. The zero-order valence-corrected chi connectivity index (χ0v) is 13.1. The van der Waals surface area contributed by atoms with E-state index in [4.69, 9.17) is 4.84 Å². The van der Waals surface area contributed by atoms with Crippen LogP contribution in [0.5, 0.6) is 0 Å². The maximum atomic E-state index is 5.06. The molecule has 0 aromatic rings. The van der Waals surface area contributed by atoms with Gasteiger partial charge in [-0.3, -0.25) is 10.3 Å². The Bertz CT molecular complexity index is 328. The van der Waals surface area contributed by atoms with Crippen molar-refractivity contribution in [1.29, 1.82) is 0 Å². The fraction of sp³-hybridized carbons (Fsp3) is 0.647. The molecule has 0 saturated heterocycles. The van der Waals surface area contributed by atoms with Gasteiger partial charge < -0.3 is 5.32 Å². The highest BCUT2D eigenvalue weighted by atomic mass is 16.6. The highest BCUT2D eigenvalue weighted by Gasteiger charge is 2.14. The molecular formula is C17H30N2O. The molecule has 0 heterocycles. The minimum Gasteiger partial charge on any atom is -0.383 e. The average Bonchev–Trinajstić information content (AvgIpc) is 2.48. The first-order valence-electron chi connectivity index (χ1n) is 7.87. The van der Waals surface area contributed by atoms with E-state index in [-0.39, 0.29) is 0 Å². The molecule has 0 amide bonds. The summed E-state index contributed by atoms with van der Waals surface area (Å²) in [7, 11) is 1.63. The summed E-state index contributed by atoms with van der Waals surface area (Å²) < 4.78 is 0. The van der Waals surface area contributed by atoms with Gasteiger partial charge in [-0.2, -0.15) is 0 Å². The van der Waals surface area contributed by atoms with Crippen molar-refractivity contribution < 1.29 is 4.84 Å². The van der Waals surface area contributed by atoms with Crippen LogP contribution in [0.4, 0.5) is 0 Å². The van der Waals surface area contributed by atoms with E-state index in [9.17, 15) is 0 Å². The lowest BCUT2D eigenvalue weighted by atomic mass is 9.89. The molecule has 3 nitrogen and oxygen atoms in total. The van der Waals surface area contributed by atoms with Crippen molar-refractivity contribution in [3.05, 3.63) is 36.2 Å². The van der Waals surface area contributed by atoms with Gasteiger partial charge in [-0.15, -0.1) is 0 Å². The molecule has 1 aliphatic rings. The van der Waals surface area contributed by atoms with E-state index in [1.54, 1.807) is 13.2 Å². The standard InChI is InChI=1S/C17H30N2O/c1-4-6-13-16(17(10-5-2)19-20-3)18-14-15-11-8-7-9-12-15/h5,10,13,15,18-19H,2,4,6-9,11-12,14H2,1,3H3/b16-13-,17-10+. The average molecular weight is 278 g/mol. The zero-order valence-electron chi connectivity index (χ0n) is 13.1. The van der Waals surface area contributed by atoms with Gasteiger partial charge in [0.15, 0.2) is 0 Å². The van der Waals surface area contributed by atoms with Crippen LogP contribution >= 0.6 is 0 Å². The van der Waals surface area contributed by atoms with Crippen molar-refractivity contribution in [3.63, 3.8) is 0 Å². The van der Waals surface area contributed by atoms with Crippen LogP contribution in [-0.2, 0) is 4.84 Å². The van der Waals surface area contributed by atoms with E-state index < -0.39 is 0 Å². The van der Waals surface area contributed by atoms with Crippen LogP contribution in [0, 0.1) is 5.92 Å². The minimum absolute atomic E-state index is 0.807. The van der Waals surface area contributed by atoms with Gasteiger partial charge >= 0.3 is 0 Å². The Labute approximate surface area is 124 Å². The van der Waals surface area contributed by atoms with E-state index >= 15 is 0 Å². The second kappa shape index (κ2) is 10.6. The number of unbranched alkanes of at least 4 members (excludes halogenated alkanes) is 1. The Balaban J connectivity index is 2.62. The van der Waals surface area contributed by atoms with Crippen LogP contribution in [0.3, 0.4) is 0 Å². The van der Waals surface area contributed by atoms with Gasteiger partial charge in [0.2, 0.25) is 0 Å². The second-order valence-electron chi connectivity index (χ2n) is 5.41. The molecule has 3 heteroatoms. The van der Waals surface area contributed by atoms with Gasteiger partial charge in [0.1, 0.15) is 0 Å². The molecule has 20 heavy (non-hydrogen) atoms.